The first-order chi connectivity index (χ1) is 8.69. The topological polar surface area (TPSA) is 67.1 Å². The second kappa shape index (κ2) is 5.83. The minimum absolute atomic E-state index is 0.139. The van der Waals surface area contributed by atoms with Gasteiger partial charge in [-0.25, -0.2) is 0 Å². The molecule has 0 atom stereocenters. The van der Waals surface area contributed by atoms with Gasteiger partial charge < -0.3 is 10.7 Å². The summed E-state index contributed by atoms with van der Waals surface area (Å²) in [6.45, 7) is 0. The van der Waals surface area contributed by atoms with Gasteiger partial charge in [0.2, 0.25) is 0 Å². The molecule has 0 radical (unpaired) electrons. The SMILES string of the molecule is NNc1ccc(C(=O)Nc2ccc(I)cc2)cc1. The Bertz CT molecular complexity index is 537. The van der Waals surface area contributed by atoms with Gasteiger partial charge in [0.1, 0.15) is 0 Å². The Hall–Kier alpha value is -1.60. The van der Waals surface area contributed by atoms with Crippen molar-refractivity contribution in [3.8, 4) is 0 Å². The summed E-state index contributed by atoms with van der Waals surface area (Å²) >= 11 is 2.22. The van der Waals surface area contributed by atoms with E-state index in [-0.39, 0.29) is 5.91 Å². The molecule has 5 heteroatoms. The smallest absolute Gasteiger partial charge is 0.255 e. The maximum absolute atomic E-state index is 11.9. The summed E-state index contributed by atoms with van der Waals surface area (Å²) in [6.07, 6.45) is 0. The predicted molar refractivity (Wildman–Crippen MR) is 81.4 cm³/mol. The minimum Gasteiger partial charge on any atom is -0.324 e. The van der Waals surface area contributed by atoms with Crippen LogP contribution in [0.2, 0.25) is 0 Å². The van der Waals surface area contributed by atoms with E-state index < -0.39 is 0 Å². The summed E-state index contributed by atoms with van der Waals surface area (Å²) in [7, 11) is 0. The van der Waals surface area contributed by atoms with Crippen molar-refractivity contribution in [3.63, 3.8) is 0 Å². The molecule has 0 aliphatic rings. The Kier molecular flexibility index (Phi) is 4.16. The lowest BCUT2D eigenvalue weighted by Crippen LogP contribution is -2.12. The molecule has 18 heavy (non-hydrogen) atoms. The third-order valence-electron chi connectivity index (χ3n) is 2.42. The number of nitrogens with two attached hydrogens (primary N) is 1. The Balaban J connectivity index is 2.09. The lowest BCUT2D eigenvalue weighted by atomic mass is 10.2. The molecule has 0 fully saturated rings. The van der Waals surface area contributed by atoms with Crippen molar-refractivity contribution in [1.82, 2.24) is 0 Å². The van der Waals surface area contributed by atoms with Crippen molar-refractivity contribution >= 4 is 39.9 Å². The molecule has 0 saturated heterocycles. The average Bonchev–Trinajstić information content (AvgIpc) is 2.41. The largest absolute Gasteiger partial charge is 0.324 e. The number of carbonyl (C=O) groups excluding carboxylic acids is 1. The van der Waals surface area contributed by atoms with Gasteiger partial charge in [-0.05, 0) is 71.1 Å². The van der Waals surface area contributed by atoms with Crippen LogP contribution in [0.5, 0.6) is 0 Å². The Morgan fingerprint density at radius 3 is 2.06 bits per heavy atom. The quantitative estimate of drug-likeness (QED) is 0.452. The van der Waals surface area contributed by atoms with E-state index in [4.69, 9.17) is 5.84 Å². The van der Waals surface area contributed by atoms with Crippen LogP contribution in [0.1, 0.15) is 10.4 Å². The van der Waals surface area contributed by atoms with E-state index in [1.165, 1.54) is 0 Å². The second-order valence-electron chi connectivity index (χ2n) is 3.68. The van der Waals surface area contributed by atoms with Crippen LogP contribution >= 0.6 is 22.6 Å². The van der Waals surface area contributed by atoms with Gasteiger partial charge in [-0.2, -0.15) is 0 Å². The maximum atomic E-state index is 11.9. The maximum Gasteiger partial charge on any atom is 0.255 e. The molecule has 0 aliphatic carbocycles. The molecule has 0 bridgehead atoms. The number of hydrogen-bond acceptors (Lipinski definition) is 3. The lowest BCUT2D eigenvalue weighted by molar-refractivity contribution is 0.102. The Labute approximate surface area is 119 Å². The molecule has 2 aromatic rings. The van der Waals surface area contributed by atoms with Crippen LogP contribution < -0.4 is 16.6 Å². The van der Waals surface area contributed by atoms with Crippen molar-refractivity contribution in [3.05, 3.63) is 57.7 Å². The van der Waals surface area contributed by atoms with Crippen molar-refractivity contribution in [2.75, 3.05) is 10.7 Å². The van der Waals surface area contributed by atoms with Gasteiger partial charge in [0.25, 0.3) is 5.91 Å². The zero-order valence-corrected chi connectivity index (χ0v) is 11.6. The zero-order valence-electron chi connectivity index (χ0n) is 9.48. The highest BCUT2D eigenvalue weighted by molar-refractivity contribution is 14.1. The van der Waals surface area contributed by atoms with Crippen LogP contribution in [0.25, 0.3) is 0 Å². The lowest BCUT2D eigenvalue weighted by Gasteiger charge is -2.06. The fourth-order valence-electron chi connectivity index (χ4n) is 1.45. The minimum atomic E-state index is -0.139. The highest BCUT2D eigenvalue weighted by atomic mass is 127. The van der Waals surface area contributed by atoms with Crippen LogP contribution in [-0.4, -0.2) is 5.91 Å². The number of nitrogen functional groups attached to an aromatic ring is 1. The summed E-state index contributed by atoms with van der Waals surface area (Å²) in [5.41, 5.74) is 4.65. The number of carbonyl (C=O) groups is 1. The third-order valence-corrected chi connectivity index (χ3v) is 3.14. The molecule has 0 spiro atoms. The van der Waals surface area contributed by atoms with E-state index in [2.05, 4.69) is 33.3 Å². The molecule has 0 aromatic heterocycles. The van der Waals surface area contributed by atoms with E-state index in [0.717, 1.165) is 14.9 Å². The Morgan fingerprint density at radius 2 is 1.50 bits per heavy atom. The number of benzene rings is 2. The second-order valence-corrected chi connectivity index (χ2v) is 4.93. The van der Waals surface area contributed by atoms with Gasteiger partial charge >= 0.3 is 0 Å². The molecule has 1 amide bonds. The third kappa shape index (κ3) is 3.21. The normalized spacial score (nSPS) is 9.89. The number of hydrazine groups is 1. The fraction of sp³-hybridized carbons (Fsp3) is 0. The van der Waals surface area contributed by atoms with E-state index in [9.17, 15) is 4.79 Å². The molecule has 0 aliphatic heterocycles. The van der Waals surface area contributed by atoms with Crippen LogP contribution in [0, 0.1) is 3.57 Å². The Morgan fingerprint density at radius 1 is 0.944 bits per heavy atom. The monoisotopic (exact) mass is 353 g/mol. The summed E-state index contributed by atoms with van der Waals surface area (Å²) in [5, 5.41) is 2.83. The van der Waals surface area contributed by atoms with Crippen LogP contribution in [0.15, 0.2) is 48.5 Å². The van der Waals surface area contributed by atoms with E-state index in [1.54, 1.807) is 24.3 Å². The summed E-state index contributed by atoms with van der Waals surface area (Å²) in [5.74, 6) is 5.12. The fourth-order valence-corrected chi connectivity index (χ4v) is 1.81. The number of hydrogen-bond donors (Lipinski definition) is 3. The zero-order chi connectivity index (χ0) is 13.0. The first-order valence-corrected chi connectivity index (χ1v) is 6.40. The van der Waals surface area contributed by atoms with Crippen LogP contribution in [0.4, 0.5) is 11.4 Å². The average molecular weight is 353 g/mol. The van der Waals surface area contributed by atoms with E-state index >= 15 is 0 Å². The molecule has 4 nitrogen and oxygen atoms in total. The van der Waals surface area contributed by atoms with E-state index in [0.29, 0.717) is 5.56 Å². The molecular weight excluding hydrogens is 341 g/mol. The van der Waals surface area contributed by atoms with Gasteiger partial charge in [-0.3, -0.25) is 10.6 Å². The van der Waals surface area contributed by atoms with Crippen molar-refractivity contribution < 1.29 is 4.79 Å². The van der Waals surface area contributed by atoms with Crippen molar-refractivity contribution in [1.29, 1.82) is 0 Å². The highest BCUT2D eigenvalue weighted by Gasteiger charge is 2.05. The molecular formula is C13H12IN3O. The number of rotatable bonds is 3. The predicted octanol–water partition coefficient (Wildman–Crippen LogP) is 2.83. The number of amides is 1. The van der Waals surface area contributed by atoms with E-state index in [1.807, 2.05) is 24.3 Å². The van der Waals surface area contributed by atoms with Gasteiger partial charge in [-0.15, -0.1) is 0 Å². The summed E-state index contributed by atoms with van der Waals surface area (Å²) in [6, 6.07) is 14.6. The number of halogens is 1. The molecule has 0 unspecified atom stereocenters. The highest BCUT2D eigenvalue weighted by Crippen LogP contribution is 2.13. The number of nitrogens with one attached hydrogen (secondary N) is 2. The summed E-state index contributed by atoms with van der Waals surface area (Å²) < 4.78 is 1.13. The standard InChI is InChI=1S/C13H12IN3O/c14-10-3-7-11(8-4-10)16-13(18)9-1-5-12(17-15)6-2-9/h1-8,17H,15H2,(H,16,18). The van der Waals surface area contributed by atoms with Gasteiger partial charge in [-0.1, -0.05) is 0 Å². The molecule has 2 aromatic carbocycles. The van der Waals surface area contributed by atoms with Crippen LogP contribution in [-0.2, 0) is 0 Å². The van der Waals surface area contributed by atoms with Crippen molar-refractivity contribution in [2.24, 2.45) is 5.84 Å². The number of anilines is 2. The molecule has 92 valence electrons. The van der Waals surface area contributed by atoms with Gasteiger partial charge in [0, 0.05) is 20.5 Å². The summed E-state index contributed by atoms with van der Waals surface area (Å²) in [4.78, 5) is 11.9. The molecule has 4 N–H and O–H groups in total. The molecule has 0 heterocycles. The molecule has 2 rings (SSSR count). The molecule has 0 saturated carbocycles. The van der Waals surface area contributed by atoms with Gasteiger partial charge in [0.15, 0.2) is 0 Å². The van der Waals surface area contributed by atoms with Crippen molar-refractivity contribution in [2.45, 2.75) is 0 Å². The first kappa shape index (κ1) is 12.8. The first-order valence-electron chi connectivity index (χ1n) is 5.32. The van der Waals surface area contributed by atoms with Crippen LogP contribution in [0.3, 0.4) is 0 Å². The van der Waals surface area contributed by atoms with Gasteiger partial charge in [0.05, 0.1) is 0 Å².